The second-order valence-electron chi connectivity index (χ2n) is 5.50. The second kappa shape index (κ2) is 7.86. The van der Waals surface area contributed by atoms with Gasteiger partial charge in [0.1, 0.15) is 6.26 Å². The van der Waals surface area contributed by atoms with E-state index in [0.29, 0.717) is 25.1 Å². The van der Waals surface area contributed by atoms with Gasteiger partial charge in [0.25, 0.3) is 5.91 Å². The van der Waals surface area contributed by atoms with Gasteiger partial charge in [-0.05, 0) is 25.3 Å². The van der Waals surface area contributed by atoms with Crippen molar-refractivity contribution in [2.24, 2.45) is 0 Å². The van der Waals surface area contributed by atoms with Crippen LogP contribution in [0.3, 0.4) is 0 Å². The van der Waals surface area contributed by atoms with Crippen LogP contribution in [0.1, 0.15) is 49.4 Å². The third kappa shape index (κ3) is 4.34. The van der Waals surface area contributed by atoms with Crippen molar-refractivity contribution >= 4 is 11.8 Å². The van der Waals surface area contributed by atoms with Crippen LogP contribution in [0.2, 0.25) is 0 Å². The topological polar surface area (TPSA) is 53.8 Å². The molecule has 0 spiro atoms. The minimum absolute atomic E-state index is 0.0496. The fourth-order valence-electron chi connectivity index (χ4n) is 2.59. The first-order valence-electron chi connectivity index (χ1n) is 7.81. The lowest BCUT2D eigenvalue weighted by atomic mass is 10.2. The Bertz CT molecular complexity index is 450. The molecule has 21 heavy (non-hydrogen) atoms. The number of unbranched alkanes of at least 4 members (excludes halogenated alkanes) is 1. The van der Waals surface area contributed by atoms with Crippen LogP contribution in [0.4, 0.5) is 0 Å². The first-order chi connectivity index (χ1) is 10.2. The maximum Gasteiger partial charge on any atom is 0.257 e. The van der Waals surface area contributed by atoms with Crippen LogP contribution in [-0.4, -0.2) is 47.8 Å². The Morgan fingerprint density at radius 2 is 2.05 bits per heavy atom. The number of carbonyl (C=O) groups excluding carboxylic acids is 2. The Morgan fingerprint density at radius 3 is 2.67 bits per heavy atom. The van der Waals surface area contributed by atoms with Crippen LogP contribution >= 0.6 is 0 Å². The largest absolute Gasteiger partial charge is 0.472 e. The number of amides is 2. The smallest absolute Gasteiger partial charge is 0.257 e. The van der Waals surface area contributed by atoms with Gasteiger partial charge in [0.2, 0.25) is 5.91 Å². The van der Waals surface area contributed by atoms with Gasteiger partial charge in [0, 0.05) is 32.6 Å². The highest BCUT2D eigenvalue weighted by molar-refractivity contribution is 5.94. The van der Waals surface area contributed by atoms with Crippen molar-refractivity contribution in [1.82, 2.24) is 9.80 Å². The summed E-state index contributed by atoms with van der Waals surface area (Å²) in [6.45, 7) is 5.00. The maximum absolute atomic E-state index is 12.4. The molecule has 2 heterocycles. The van der Waals surface area contributed by atoms with E-state index in [2.05, 4.69) is 6.92 Å². The van der Waals surface area contributed by atoms with E-state index < -0.39 is 0 Å². The van der Waals surface area contributed by atoms with Crippen LogP contribution in [0.25, 0.3) is 0 Å². The second-order valence-corrected chi connectivity index (χ2v) is 5.50. The highest BCUT2D eigenvalue weighted by Crippen LogP contribution is 2.11. The summed E-state index contributed by atoms with van der Waals surface area (Å²) >= 11 is 0. The van der Waals surface area contributed by atoms with Crippen LogP contribution in [-0.2, 0) is 4.79 Å². The quantitative estimate of drug-likeness (QED) is 0.776. The predicted octanol–water partition coefficient (Wildman–Crippen LogP) is 2.53. The number of furan rings is 1. The van der Waals surface area contributed by atoms with Gasteiger partial charge in [0.05, 0.1) is 11.8 Å². The molecule has 0 saturated carbocycles. The maximum atomic E-state index is 12.4. The van der Waals surface area contributed by atoms with Crippen molar-refractivity contribution in [3.05, 3.63) is 24.2 Å². The summed E-state index contributed by atoms with van der Waals surface area (Å²) in [4.78, 5) is 28.2. The molecule has 1 fully saturated rings. The van der Waals surface area contributed by atoms with E-state index >= 15 is 0 Å². The predicted molar refractivity (Wildman–Crippen MR) is 80.0 cm³/mol. The molecular weight excluding hydrogens is 268 g/mol. The van der Waals surface area contributed by atoms with Crippen molar-refractivity contribution in [2.75, 3.05) is 26.2 Å². The normalized spacial score (nSPS) is 14.4. The Balaban J connectivity index is 1.89. The number of hydrogen-bond donors (Lipinski definition) is 0. The molecule has 0 unspecified atom stereocenters. The SMILES string of the molecule is CCCCN(CCC(=O)N1CCCC1)C(=O)c1ccoc1. The van der Waals surface area contributed by atoms with Gasteiger partial charge in [-0.1, -0.05) is 13.3 Å². The number of hydrogen-bond acceptors (Lipinski definition) is 3. The zero-order chi connectivity index (χ0) is 15.1. The lowest BCUT2D eigenvalue weighted by molar-refractivity contribution is -0.130. The fourth-order valence-corrected chi connectivity index (χ4v) is 2.59. The van der Waals surface area contributed by atoms with Crippen LogP contribution in [0, 0.1) is 0 Å². The summed E-state index contributed by atoms with van der Waals surface area (Å²) in [7, 11) is 0. The molecule has 0 aliphatic carbocycles. The fraction of sp³-hybridized carbons (Fsp3) is 0.625. The lowest BCUT2D eigenvalue weighted by Crippen LogP contribution is -2.36. The van der Waals surface area contributed by atoms with E-state index in [9.17, 15) is 9.59 Å². The summed E-state index contributed by atoms with van der Waals surface area (Å²) < 4.78 is 4.97. The van der Waals surface area contributed by atoms with Gasteiger partial charge in [-0.15, -0.1) is 0 Å². The van der Waals surface area contributed by atoms with Gasteiger partial charge in [-0.3, -0.25) is 9.59 Å². The minimum atomic E-state index is -0.0496. The molecule has 0 radical (unpaired) electrons. The summed E-state index contributed by atoms with van der Waals surface area (Å²) in [6, 6.07) is 1.67. The molecule has 116 valence electrons. The molecule has 1 aromatic rings. The molecule has 1 aromatic heterocycles. The summed E-state index contributed by atoms with van der Waals surface area (Å²) in [6.07, 6.45) is 7.53. The Kier molecular flexibility index (Phi) is 5.84. The molecule has 0 bridgehead atoms. The molecule has 2 rings (SSSR count). The standard InChI is InChI=1S/C16H24N2O3/c1-2-3-8-18(16(20)14-7-12-21-13-14)11-6-15(19)17-9-4-5-10-17/h7,12-13H,2-6,8-11H2,1H3. The summed E-state index contributed by atoms with van der Waals surface area (Å²) in [5, 5.41) is 0. The van der Waals surface area contributed by atoms with Gasteiger partial charge in [-0.2, -0.15) is 0 Å². The number of likely N-dealkylation sites (tertiary alicyclic amines) is 1. The Morgan fingerprint density at radius 1 is 1.29 bits per heavy atom. The van der Waals surface area contributed by atoms with Crippen LogP contribution < -0.4 is 0 Å². The van der Waals surface area contributed by atoms with E-state index in [1.54, 1.807) is 11.0 Å². The first-order valence-corrected chi connectivity index (χ1v) is 7.81. The Hall–Kier alpha value is -1.78. The molecule has 1 saturated heterocycles. The third-order valence-electron chi connectivity index (χ3n) is 3.89. The molecule has 0 aromatic carbocycles. The van der Waals surface area contributed by atoms with Gasteiger partial charge < -0.3 is 14.2 Å². The zero-order valence-electron chi connectivity index (χ0n) is 12.7. The Labute approximate surface area is 125 Å². The first kappa shape index (κ1) is 15.6. The average Bonchev–Trinajstić information content (AvgIpc) is 3.19. The summed E-state index contributed by atoms with van der Waals surface area (Å²) in [5.74, 6) is 0.111. The van der Waals surface area contributed by atoms with Gasteiger partial charge in [0.15, 0.2) is 0 Å². The number of rotatable bonds is 7. The van der Waals surface area contributed by atoms with Crippen LogP contribution in [0.15, 0.2) is 23.0 Å². The highest BCUT2D eigenvalue weighted by Gasteiger charge is 2.21. The molecule has 1 aliphatic rings. The van der Waals surface area contributed by atoms with Crippen molar-refractivity contribution in [3.63, 3.8) is 0 Å². The zero-order valence-corrected chi connectivity index (χ0v) is 12.7. The third-order valence-corrected chi connectivity index (χ3v) is 3.89. The number of nitrogens with zero attached hydrogens (tertiary/aromatic N) is 2. The van der Waals surface area contributed by atoms with E-state index in [1.807, 2.05) is 4.90 Å². The van der Waals surface area contributed by atoms with Gasteiger partial charge >= 0.3 is 0 Å². The molecule has 0 atom stereocenters. The average molecular weight is 292 g/mol. The molecule has 0 N–H and O–H groups in total. The molecule has 5 heteroatoms. The monoisotopic (exact) mass is 292 g/mol. The van der Waals surface area contributed by atoms with Crippen molar-refractivity contribution in [2.45, 2.75) is 39.0 Å². The minimum Gasteiger partial charge on any atom is -0.472 e. The van der Waals surface area contributed by atoms with Gasteiger partial charge in [-0.25, -0.2) is 0 Å². The molecule has 5 nitrogen and oxygen atoms in total. The molecule has 1 aliphatic heterocycles. The highest BCUT2D eigenvalue weighted by atomic mass is 16.3. The van der Waals surface area contributed by atoms with E-state index in [-0.39, 0.29) is 11.8 Å². The summed E-state index contributed by atoms with van der Waals surface area (Å²) in [5.41, 5.74) is 0.555. The molecule has 2 amide bonds. The van der Waals surface area contributed by atoms with E-state index in [4.69, 9.17) is 4.42 Å². The molecular formula is C16H24N2O3. The van der Waals surface area contributed by atoms with Crippen molar-refractivity contribution in [3.8, 4) is 0 Å². The lowest BCUT2D eigenvalue weighted by Gasteiger charge is -2.23. The van der Waals surface area contributed by atoms with E-state index in [0.717, 1.165) is 38.8 Å². The van der Waals surface area contributed by atoms with Crippen molar-refractivity contribution < 1.29 is 14.0 Å². The van der Waals surface area contributed by atoms with Crippen LogP contribution in [0.5, 0.6) is 0 Å². The van der Waals surface area contributed by atoms with Crippen molar-refractivity contribution in [1.29, 1.82) is 0 Å². The number of carbonyl (C=O) groups is 2. The van der Waals surface area contributed by atoms with E-state index in [1.165, 1.54) is 12.5 Å².